The van der Waals surface area contributed by atoms with Gasteiger partial charge in [-0.15, -0.1) is 0 Å². The number of carbonyl (C=O) groups is 1. The van der Waals surface area contributed by atoms with E-state index in [0.717, 1.165) is 11.6 Å². The van der Waals surface area contributed by atoms with Crippen LogP contribution in [0.15, 0.2) is 17.7 Å². The van der Waals surface area contributed by atoms with Gasteiger partial charge in [-0.2, -0.15) is 13.2 Å². The maximum atomic E-state index is 13.1. The van der Waals surface area contributed by atoms with Gasteiger partial charge in [0.2, 0.25) is 6.10 Å². The summed E-state index contributed by atoms with van der Waals surface area (Å²) in [5, 5.41) is 0. The molecule has 0 amide bonds. The van der Waals surface area contributed by atoms with Crippen LogP contribution in [0.3, 0.4) is 0 Å². The fourth-order valence-electron chi connectivity index (χ4n) is 2.22. The van der Waals surface area contributed by atoms with Gasteiger partial charge in [0.1, 0.15) is 5.75 Å². The zero-order chi connectivity index (χ0) is 15.8. The van der Waals surface area contributed by atoms with Gasteiger partial charge in [0.05, 0.1) is 5.57 Å². The molecule has 1 aliphatic rings. The number of fused-ring (bicyclic) bond motifs is 1. The Morgan fingerprint density at radius 1 is 1.38 bits per heavy atom. The monoisotopic (exact) mass is 320 g/mol. The van der Waals surface area contributed by atoms with Crippen LogP contribution in [-0.4, -0.2) is 24.3 Å². The first-order chi connectivity index (χ1) is 9.74. The lowest BCUT2D eigenvalue weighted by Crippen LogP contribution is -2.41. The maximum Gasteiger partial charge on any atom is 0.430 e. The minimum Gasteiger partial charge on any atom is -0.475 e. The maximum absolute atomic E-state index is 13.1. The molecule has 21 heavy (non-hydrogen) atoms. The van der Waals surface area contributed by atoms with E-state index in [0.29, 0.717) is 11.1 Å². The van der Waals surface area contributed by atoms with Crippen LogP contribution in [0.25, 0.3) is 6.08 Å². The first kappa shape index (κ1) is 15.7. The summed E-state index contributed by atoms with van der Waals surface area (Å²) in [5.74, 6) is -1.03. The molecule has 2 rings (SSSR count). The van der Waals surface area contributed by atoms with Crippen LogP contribution >= 0.6 is 11.6 Å². The molecule has 1 heterocycles. The molecular weight excluding hydrogens is 309 g/mol. The van der Waals surface area contributed by atoms with Gasteiger partial charge in [0.25, 0.3) is 0 Å². The number of alkyl halides is 4. The zero-order valence-electron chi connectivity index (χ0n) is 11.3. The lowest BCUT2D eigenvalue weighted by molar-refractivity contribution is -0.187. The molecule has 7 heteroatoms. The molecule has 0 radical (unpaired) electrons. The molecule has 0 aliphatic carbocycles. The second-order valence-corrected chi connectivity index (χ2v) is 4.90. The lowest BCUT2D eigenvalue weighted by Gasteiger charge is -2.28. The van der Waals surface area contributed by atoms with E-state index in [4.69, 9.17) is 16.3 Å². The molecule has 1 aromatic carbocycles. The summed E-state index contributed by atoms with van der Waals surface area (Å²) in [6.07, 6.45) is -5.94. The smallest absolute Gasteiger partial charge is 0.430 e. The Kier molecular flexibility index (Phi) is 4.18. The molecule has 0 aromatic heterocycles. The summed E-state index contributed by atoms with van der Waals surface area (Å²) in [4.78, 5) is 11.7. The zero-order valence-corrected chi connectivity index (χ0v) is 12.0. The van der Waals surface area contributed by atoms with Crippen LogP contribution in [-0.2, 0) is 9.53 Å². The van der Waals surface area contributed by atoms with E-state index in [1.165, 1.54) is 0 Å². The highest BCUT2D eigenvalue weighted by atomic mass is 35.5. The Morgan fingerprint density at radius 3 is 2.62 bits per heavy atom. The highest BCUT2D eigenvalue weighted by Gasteiger charge is 2.49. The van der Waals surface area contributed by atoms with E-state index in [1.54, 1.807) is 26.0 Å². The molecule has 0 saturated carbocycles. The Bertz CT molecular complexity index is 608. The van der Waals surface area contributed by atoms with Gasteiger partial charge in [-0.1, -0.05) is 23.2 Å². The summed E-state index contributed by atoms with van der Waals surface area (Å²) in [5.41, 5.74) is 1.22. The van der Waals surface area contributed by atoms with Crippen LogP contribution < -0.4 is 4.74 Å². The van der Waals surface area contributed by atoms with Crippen LogP contribution in [0.4, 0.5) is 13.2 Å². The van der Waals surface area contributed by atoms with E-state index >= 15 is 0 Å². The number of hydrogen-bond donors (Lipinski definition) is 0. The van der Waals surface area contributed by atoms with Gasteiger partial charge >= 0.3 is 12.1 Å². The number of aryl methyl sites for hydroxylation is 2. The number of benzene rings is 1. The average Bonchev–Trinajstić information content (AvgIpc) is 2.36. The fourth-order valence-corrected chi connectivity index (χ4v) is 2.32. The van der Waals surface area contributed by atoms with E-state index < -0.39 is 29.9 Å². The summed E-state index contributed by atoms with van der Waals surface area (Å²) in [6, 6.07) is 2.82. The minimum absolute atomic E-state index is 0.116. The Labute approximate surface area is 124 Å². The summed E-state index contributed by atoms with van der Waals surface area (Å²) in [7, 11) is 0. The highest BCUT2D eigenvalue weighted by molar-refractivity contribution is 6.17. The molecule has 0 N–H and O–H groups in total. The predicted molar refractivity (Wildman–Crippen MR) is 71.2 cm³/mol. The number of carbonyl (C=O) groups excluding carboxylic acids is 1. The molecule has 114 valence electrons. The quantitative estimate of drug-likeness (QED) is 0.615. The normalized spacial score (nSPS) is 17.6. The Hall–Kier alpha value is -1.69. The van der Waals surface area contributed by atoms with Crippen molar-refractivity contribution in [1.29, 1.82) is 0 Å². The third-order valence-electron chi connectivity index (χ3n) is 3.00. The fraction of sp³-hybridized carbons (Fsp3) is 0.357. The largest absolute Gasteiger partial charge is 0.475 e. The standard InChI is InChI=1S/C14H12ClF3O3/c1-7-3-8(2)11-9(4-7)5-10(13(19)20-6-15)12(21-11)14(16,17)18/h3-5,12H,6H2,1-2H3/t12-/m0/s1. The first-order valence-corrected chi connectivity index (χ1v) is 6.56. The van der Waals surface area contributed by atoms with Crippen molar-refractivity contribution in [2.75, 3.05) is 6.07 Å². The minimum atomic E-state index is -4.73. The molecule has 1 aliphatic heterocycles. The van der Waals surface area contributed by atoms with Crippen molar-refractivity contribution in [3.63, 3.8) is 0 Å². The van der Waals surface area contributed by atoms with Crippen LogP contribution in [0.1, 0.15) is 16.7 Å². The molecule has 0 fully saturated rings. The van der Waals surface area contributed by atoms with Crippen LogP contribution in [0.2, 0.25) is 0 Å². The third-order valence-corrected chi connectivity index (χ3v) is 3.10. The SMILES string of the molecule is Cc1cc(C)c2c(c1)C=C(C(=O)OCCl)[C@@H](C(F)(F)F)O2. The Morgan fingerprint density at radius 2 is 2.05 bits per heavy atom. The highest BCUT2D eigenvalue weighted by Crippen LogP contribution is 2.39. The van der Waals surface area contributed by atoms with E-state index in [1.807, 2.05) is 0 Å². The molecule has 0 saturated heterocycles. The molecule has 1 atom stereocenters. The number of rotatable bonds is 2. The van der Waals surface area contributed by atoms with E-state index in [2.05, 4.69) is 4.74 Å². The molecule has 0 unspecified atom stereocenters. The molecular formula is C14H12ClF3O3. The van der Waals surface area contributed by atoms with Crippen molar-refractivity contribution < 1.29 is 27.4 Å². The van der Waals surface area contributed by atoms with Gasteiger partial charge in [0.15, 0.2) is 6.07 Å². The lowest BCUT2D eigenvalue weighted by atomic mass is 9.97. The predicted octanol–water partition coefficient (Wildman–Crippen LogP) is 3.75. The molecule has 3 nitrogen and oxygen atoms in total. The van der Waals surface area contributed by atoms with Crippen molar-refractivity contribution in [2.24, 2.45) is 0 Å². The average molecular weight is 321 g/mol. The number of ether oxygens (including phenoxy) is 2. The van der Waals surface area contributed by atoms with Crippen LogP contribution in [0.5, 0.6) is 5.75 Å². The van der Waals surface area contributed by atoms with Crippen molar-refractivity contribution in [3.05, 3.63) is 34.4 Å². The number of halogens is 4. The van der Waals surface area contributed by atoms with Gasteiger partial charge in [-0.25, -0.2) is 4.79 Å². The second kappa shape index (κ2) is 5.60. The third kappa shape index (κ3) is 3.15. The molecule has 0 spiro atoms. The van der Waals surface area contributed by atoms with Crippen molar-refractivity contribution in [2.45, 2.75) is 26.1 Å². The first-order valence-electron chi connectivity index (χ1n) is 6.03. The van der Waals surface area contributed by atoms with Gasteiger partial charge in [-0.3, -0.25) is 0 Å². The molecule has 1 aromatic rings. The second-order valence-electron chi connectivity index (χ2n) is 4.68. The summed E-state index contributed by atoms with van der Waals surface area (Å²) >= 11 is 5.24. The van der Waals surface area contributed by atoms with Crippen molar-refractivity contribution >= 4 is 23.6 Å². The molecule has 0 bridgehead atoms. The number of hydrogen-bond acceptors (Lipinski definition) is 3. The van der Waals surface area contributed by atoms with E-state index in [-0.39, 0.29) is 5.75 Å². The Balaban J connectivity index is 2.55. The van der Waals surface area contributed by atoms with Crippen molar-refractivity contribution in [3.8, 4) is 5.75 Å². The number of esters is 1. The van der Waals surface area contributed by atoms with Crippen molar-refractivity contribution in [1.82, 2.24) is 0 Å². The van der Waals surface area contributed by atoms with Gasteiger partial charge < -0.3 is 9.47 Å². The topological polar surface area (TPSA) is 35.5 Å². The van der Waals surface area contributed by atoms with Crippen LogP contribution in [0, 0.1) is 13.8 Å². The van der Waals surface area contributed by atoms with Gasteiger partial charge in [0, 0.05) is 5.56 Å². The summed E-state index contributed by atoms with van der Waals surface area (Å²) < 4.78 is 48.8. The van der Waals surface area contributed by atoms with E-state index in [9.17, 15) is 18.0 Å². The van der Waals surface area contributed by atoms with Gasteiger partial charge in [-0.05, 0) is 31.6 Å². The summed E-state index contributed by atoms with van der Waals surface area (Å²) in [6.45, 7) is 3.45.